The van der Waals surface area contributed by atoms with Gasteiger partial charge in [0.1, 0.15) is 5.82 Å². The zero-order valence-electron chi connectivity index (χ0n) is 16.3. The number of nitrogens with one attached hydrogen (secondary N) is 1. The van der Waals surface area contributed by atoms with Crippen molar-refractivity contribution in [2.24, 2.45) is 5.73 Å². The molecule has 2 aliphatic rings. The van der Waals surface area contributed by atoms with Crippen molar-refractivity contribution in [2.45, 2.75) is 69.6 Å². The van der Waals surface area contributed by atoms with Crippen molar-refractivity contribution in [1.82, 2.24) is 19.9 Å². The molecule has 2 aliphatic carbocycles. The van der Waals surface area contributed by atoms with Crippen LogP contribution in [0.4, 0.5) is 0 Å². The predicted octanol–water partition coefficient (Wildman–Crippen LogP) is 4.11. The lowest BCUT2D eigenvalue weighted by molar-refractivity contribution is 0.0761. The van der Waals surface area contributed by atoms with E-state index in [1.807, 2.05) is 6.20 Å². The molecule has 3 N–H and O–H groups in total. The number of aryl methyl sites for hydroxylation is 1. The number of nitrogens with two attached hydrogens (primary N) is 1. The lowest BCUT2D eigenvalue weighted by Crippen LogP contribution is -2.43. The first kappa shape index (κ1) is 17.8. The Balaban J connectivity index is 1.48. The van der Waals surface area contributed by atoms with Crippen LogP contribution in [-0.2, 0) is 13.0 Å². The van der Waals surface area contributed by atoms with E-state index in [9.17, 15) is 0 Å². The molecule has 5 rings (SSSR count). The molecule has 1 fully saturated rings. The number of aromatic amines is 1. The molecule has 1 atom stereocenters. The highest BCUT2D eigenvalue weighted by Gasteiger charge is 2.34. The summed E-state index contributed by atoms with van der Waals surface area (Å²) in [4.78, 5) is 15.9. The lowest BCUT2D eigenvalue weighted by atomic mass is 9.86. The van der Waals surface area contributed by atoms with E-state index in [2.05, 4.69) is 46.3 Å². The zero-order chi connectivity index (χ0) is 18.9. The van der Waals surface area contributed by atoms with Crippen molar-refractivity contribution in [2.75, 3.05) is 0 Å². The van der Waals surface area contributed by atoms with Crippen LogP contribution in [0, 0.1) is 0 Å². The summed E-state index contributed by atoms with van der Waals surface area (Å²) in [5, 5.41) is 0. The largest absolute Gasteiger partial charge is 0.341 e. The molecule has 1 aromatic carbocycles. The topological polar surface area (TPSA) is 70.8 Å². The average molecular weight is 376 g/mol. The number of nitrogens with zero attached hydrogens (tertiary/aromatic N) is 3. The molecule has 146 valence electrons. The van der Waals surface area contributed by atoms with E-state index in [1.165, 1.54) is 36.9 Å². The highest BCUT2D eigenvalue weighted by atomic mass is 15.2. The maximum Gasteiger partial charge on any atom is 0.121 e. The Hall–Kier alpha value is -2.24. The first-order valence-electron chi connectivity index (χ1n) is 10.7. The summed E-state index contributed by atoms with van der Waals surface area (Å²) in [7, 11) is 0. The zero-order valence-corrected chi connectivity index (χ0v) is 16.3. The van der Waals surface area contributed by atoms with Gasteiger partial charge in [-0.3, -0.25) is 9.88 Å². The molecule has 0 spiro atoms. The minimum atomic E-state index is 0.362. The van der Waals surface area contributed by atoms with Gasteiger partial charge in [-0.1, -0.05) is 18.2 Å². The van der Waals surface area contributed by atoms with Gasteiger partial charge in [0.25, 0.3) is 0 Å². The Morgan fingerprint density at radius 2 is 1.89 bits per heavy atom. The molecule has 5 heteroatoms. The normalized spacial score (nSPS) is 25.1. The summed E-state index contributed by atoms with van der Waals surface area (Å²) >= 11 is 0. The molecule has 0 radical (unpaired) electrons. The third-order valence-corrected chi connectivity index (χ3v) is 6.55. The van der Waals surface area contributed by atoms with Gasteiger partial charge in [-0.2, -0.15) is 0 Å². The smallest absolute Gasteiger partial charge is 0.121 e. The van der Waals surface area contributed by atoms with Crippen LogP contribution >= 0.6 is 0 Å². The number of hydrogen-bond donors (Lipinski definition) is 2. The fraction of sp³-hybridized carbons (Fsp3) is 0.478. The van der Waals surface area contributed by atoms with Gasteiger partial charge in [0.15, 0.2) is 0 Å². The molecule has 0 aliphatic heterocycles. The van der Waals surface area contributed by atoms with Crippen molar-refractivity contribution >= 4 is 11.0 Å². The maximum absolute atomic E-state index is 6.21. The van der Waals surface area contributed by atoms with Crippen LogP contribution in [0.5, 0.6) is 0 Å². The fourth-order valence-corrected chi connectivity index (χ4v) is 5.09. The second-order valence-electron chi connectivity index (χ2n) is 8.40. The molecular weight excluding hydrogens is 346 g/mol. The molecule has 0 bridgehead atoms. The standard InChI is InChI=1S/C23H29N5/c24-17-10-12-18(13-11-17)28(15-22-26-19-7-1-2-8-20(19)27-22)21-9-3-5-16-6-4-14-25-23(16)21/h1-2,4,6-8,14,17-18,21H,3,5,9-13,15,24H2,(H,26,27)/t17-,18+,21?. The van der Waals surface area contributed by atoms with E-state index in [0.29, 0.717) is 18.1 Å². The van der Waals surface area contributed by atoms with Crippen LogP contribution in [0.25, 0.3) is 11.0 Å². The molecular formula is C23H29N5. The monoisotopic (exact) mass is 375 g/mol. The summed E-state index contributed by atoms with van der Waals surface area (Å²) in [5.41, 5.74) is 11.1. The third-order valence-electron chi connectivity index (χ3n) is 6.55. The molecule has 5 nitrogen and oxygen atoms in total. The third kappa shape index (κ3) is 3.45. The Kier molecular flexibility index (Phi) is 4.87. The summed E-state index contributed by atoms with van der Waals surface area (Å²) in [6, 6.07) is 13.9. The number of imidazole rings is 1. The van der Waals surface area contributed by atoms with Gasteiger partial charge in [0.2, 0.25) is 0 Å². The number of benzene rings is 1. The average Bonchev–Trinajstić information content (AvgIpc) is 3.15. The van der Waals surface area contributed by atoms with Gasteiger partial charge in [0.05, 0.1) is 29.3 Å². The van der Waals surface area contributed by atoms with Gasteiger partial charge in [-0.15, -0.1) is 0 Å². The number of rotatable bonds is 4. The predicted molar refractivity (Wildman–Crippen MR) is 112 cm³/mol. The minimum Gasteiger partial charge on any atom is -0.341 e. The van der Waals surface area contributed by atoms with Gasteiger partial charge in [0, 0.05) is 18.3 Å². The lowest BCUT2D eigenvalue weighted by Gasteiger charge is -2.42. The molecule has 3 aromatic rings. The molecule has 2 heterocycles. The highest BCUT2D eigenvalue weighted by molar-refractivity contribution is 5.74. The van der Waals surface area contributed by atoms with Crippen LogP contribution in [0.15, 0.2) is 42.6 Å². The van der Waals surface area contributed by atoms with Crippen LogP contribution in [-0.4, -0.2) is 31.9 Å². The number of para-hydroxylation sites is 2. The highest BCUT2D eigenvalue weighted by Crippen LogP contribution is 2.38. The van der Waals surface area contributed by atoms with Crippen molar-refractivity contribution in [3.63, 3.8) is 0 Å². The van der Waals surface area contributed by atoms with Gasteiger partial charge >= 0.3 is 0 Å². The summed E-state index contributed by atoms with van der Waals surface area (Å²) < 4.78 is 0. The van der Waals surface area contributed by atoms with Crippen LogP contribution in [0.1, 0.15) is 61.6 Å². The first-order chi connectivity index (χ1) is 13.8. The molecule has 2 aromatic heterocycles. The van der Waals surface area contributed by atoms with Crippen molar-refractivity contribution in [1.29, 1.82) is 0 Å². The number of H-pyrrole nitrogens is 1. The molecule has 28 heavy (non-hydrogen) atoms. The Morgan fingerprint density at radius 1 is 1.04 bits per heavy atom. The number of aromatic nitrogens is 3. The SMILES string of the molecule is N[C@H]1CC[C@@H](N(Cc2nc3ccccc3[nH]2)C2CCCc3cccnc32)CC1. The van der Waals surface area contributed by atoms with Gasteiger partial charge in [-0.05, 0) is 68.7 Å². The van der Waals surface area contributed by atoms with Crippen LogP contribution < -0.4 is 5.73 Å². The van der Waals surface area contributed by atoms with Crippen molar-refractivity contribution < 1.29 is 0 Å². The van der Waals surface area contributed by atoms with E-state index in [-0.39, 0.29) is 0 Å². The minimum absolute atomic E-state index is 0.362. The first-order valence-corrected chi connectivity index (χ1v) is 10.7. The maximum atomic E-state index is 6.21. The summed E-state index contributed by atoms with van der Waals surface area (Å²) in [5.74, 6) is 1.05. The Labute approximate surface area is 166 Å². The van der Waals surface area contributed by atoms with Crippen LogP contribution in [0.2, 0.25) is 0 Å². The molecule has 0 amide bonds. The molecule has 1 saturated carbocycles. The van der Waals surface area contributed by atoms with E-state index in [4.69, 9.17) is 15.7 Å². The van der Waals surface area contributed by atoms with Gasteiger partial charge in [-0.25, -0.2) is 4.98 Å². The molecule has 1 unspecified atom stereocenters. The Morgan fingerprint density at radius 3 is 2.75 bits per heavy atom. The van der Waals surface area contributed by atoms with E-state index in [1.54, 1.807) is 0 Å². The summed E-state index contributed by atoms with van der Waals surface area (Å²) in [6.45, 7) is 0.843. The second-order valence-corrected chi connectivity index (χ2v) is 8.40. The van der Waals surface area contributed by atoms with Gasteiger partial charge < -0.3 is 10.7 Å². The van der Waals surface area contributed by atoms with E-state index in [0.717, 1.165) is 42.7 Å². The number of hydrogen-bond acceptors (Lipinski definition) is 4. The van der Waals surface area contributed by atoms with Crippen molar-refractivity contribution in [3.05, 3.63) is 59.7 Å². The van der Waals surface area contributed by atoms with Crippen LogP contribution in [0.3, 0.4) is 0 Å². The fourth-order valence-electron chi connectivity index (χ4n) is 5.09. The second kappa shape index (κ2) is 7.64. The Bertz CT molecular complexity index is 908. The van der Waals surface area contributed by atoms with E-state index < -0.39 is 0 Å². The molecule has 0 saturated heterocycles. The van der Waals surface area contributed by atoms with E-state index >= 15 is 0 Å². The number of pyridine rings is 1. The number of fused-ring (bicyclic) bond motifs is 2. The van der Waals surface area contributed by atoms with Crippen molar-refractivity contribution in [3.8, 4) is 0 Å². The quantitative estimate of drug-likeness (QED) is 0.720. The summed E-state index contributed by atoms with van der Waals surface area (Å²) in [6.07, 6.45) is 10.1.